The van der Waals surface area contributed by atoms with E-state index in [4.69, 9.17) is 5.84 Å². The van der Waals surface area contributed by atoms with Gasteiger partial charge in [-0.1, -0.05) is 6.92 Å². The number of nitrogens with two attached hydrogens (primary N) is 1. The Hall–Kier alpha value is -1.93. The molecule has 19 heavy (non-hydrogen) atoms. The number of anilines is 2. The minimum atomic E-state index is -0.408. The van der Waals surface area contributed by atoms with E-state index in [2.05, 4.69) is 22.2 Å². The molecule has 0 aromatic carbocycles. The molecule has 104 valence electrons. The van der Waals surface area contributed by atoms with Crippen molar-refractivity contribution in [3.63, 3.8) is 0 Å². The minimum Gasteiger partial charge on any atom is -0.348 e. The number of hydrogen-bond donors (Lipinski definition) is 2. The molecule has 0 spiro atoms. The van der Waals surface area contributed by atoms with E-state index in [0.29, 0.717) is 11.6 Å². The van der Waals surface area contributed by atoms with E-state index < -0.39 is 4.92 Å². The summed E-state index contributed by atoms with van der Waals surface area (Å²) in [6.07, 6.45) is 0. The van der Waals surface area contributed by atoms with Crippen LogP contribution in [0.1, 0.15) is 6.92 Å². The number of nitro groups is 1. The van der Waals surface area contributed by atoms with Crippen LogP contribution in [-0.4, -0.2) is 47.5 Å². The molecule has 3 N–H and O–H groups in total. The first kappa shape index (κ1) is 13.5. The van der Waals surface area contributed by atoms with Gasteiger partial charge in [0.25, 0.3) is 0 Å². The predicted octanol–water partition coefficient (Wildman–Crippen LogP) is 0.417. The van der Waals surface area contributed by atoms with Crippen molar-refractivity contribution in [2.45, 2.75) is 6.92 Å². The summed E-state index contributed by atoms with van der Waals surface area (Å²) in [5.74, 6) is 6.12. The van der Waals surface area contributed by atoms with E-state index in [1.807, 2.05) is 4.90 Å². The maximum Gasteiger partial charge on any atom is 0.311 e. The summed E-state index contributed by atoms with van der Waals surface area (Å²) in [5.41, 5.74) is 2.44. The fraction of sp³-hybridized carbons (Fsp3) is 0.545. The zero-order chi connectivity index (χ0) is 13.8. The van der Waals surface area contributed by atoms with Crippen molar-refractivity contribution in [3.8, 4) is 0 Å². The maximum absolute atomic E-state index is 11.1. The van der Waals surface area contributed by atoms with E-state index in [9.17, 15) is 10.1 Å². The Morgan fingerprint density at radius 1 is 1.42 bits per heavy atom. The Morgan fingerprint density at radius 2 is 2.11 bits per heavy atom. The van der Waals surface area contributed by atoms with Crippen LogP contribution in [0.25, 0.3) is 0 Å². The summed E-state index contributed by atoms with van der Waals surface area (Å²) in [6, 6.07) is 2.94. The lowest BCUT2D eigenvalue weighted by Gasteiger charge is -2.34. The quantitative estimate of drug-likeness (QED) is 0.462. The molecule has 1 aliphatic rings. The topological polar surface area (TPSA) is 101 Å². The molecule has 0 bridgehead atoms. The molecule has 0 aliphatic carbocycles. The summed E-state index contributed by atoms with van der Waals surface area (Å²) in [5, 5.41) is 11.1. The number of aromatic nitrogens is 1. The highest BCUT2D eigenvalue weighted by atomic mass is 16.6. The number of rotatable bonds is 4. The SMILES string of the molecule is CCN1CCN(c2nc(NN)ccc2[N+](=O)[O-])CC1. The second-order valence-electron chi connectivity index (χ2n) is 4.36. The zero-order valence-electron chi connectivity index (χ0n) is 10.9. The molecule has 1 aromatic rings. The lowest BCUT2D eigenvalue weighted by Crippen LogP contribution is -2.46. The third kappa shape index (κ3) is 2.91. The van der Waals surface area contributed by atoms with Crippen LogP contribution in [0.5, 0.6) is 0 Å². The van der Waals surface area contributed by atoms with Crippen LogP contribution in [0.4, 0.5) is 17.3 Å². The van der Waals surface area contributed by atoms with Gasteiger partial charge in [-0.25, -0.2) is 10.8 Å². The third-order valence-electron chi connectivity index (χ3n) is 3.32. The molecule has 0 radical (unpaired) electrons. The number of nitrogens with zero attached hydrogens (tertiary/aromatic N) is 4. The molecular weight excluding hydrogens is 248 g/mol. The normalized spacial score (nSPS) is 16.4. The average Bonchev–Trinajstić information content (AvgIpc) is 2.46. The van der Waals surface area contributed by atoms with Crippen molar-refractivity contribution in [3.05, 3.63) is 22.2 Å². The van der Waals surface area contributed by atoms with Gasteiger partial charge in [-0.15, -0.1) is 0 Å². The van der Waals surface area contributed by atoms with Crippen LogP contribution < -0.4 is 16.2 Å². The van der Waals surface area contributed by atoms with E-state index >= 15 is 0 Å². The van der Waals surface area contributed by atoms with Gasteiger partial charge in [0.1, 0.15) is 5.82 Å². The van der Waals surface area contributed by atoms with E-state index in [1.165, 1.54) is 12.1 Å². The predicted molar refractivity (Wildman–Crippen MR) is 73.0 cm³/mol. The molecule has 8 nitrogen and oxygen atoms in total. The van der Waals surface area contributed by atoms with Gasteiger partial charge in [0.05, 0.1) is 4.92 Å². The lowest BCUT2D eigenvalue weighted by atomic mass is 10.3. The van der Waals surface area contributed by atoms with Crippen molar-refractivity contribution >= 4 is 17.3 Å². The molecule has 1 aliphatic heterocycles. The highest BCUT2D eigenvalue weighted by Gasteiger charge is 2.24. The van der Waals surface area contributed by atoms with Gasteiger partial charge in [-0.2, -0.15) is 0 Å². The summed E-state index contributed by atoms with van der Waals surface area (Å²) in [4.78, 5) is 19.1. The number of hydrogen-bond acceptors (Lipinski definition) is 7. The van der Waals surface area contributed by atoms with Crippen LogP contribution in [0.3, 0.4) is 0 Å². The average molecular weight is 266 g/mol. The lowest BCUT2D eigenvalue weighted by molar-refractivity contribution is -0.384. The van der Waals surface area contributed by atoms with Gasteiger partial charge >= 0.3 is 5.69 Å². The standard InChI is InChI=1S/C11H18N6O2/c1-2-15-5-7-16(8-6-15)11-9(17(18)19)3-4-10(13-11)14-12/h3-4H,2,5-8,12H2,1H3,(H,13,14). The van der Waals surface area contributed by atoms with Gasteiger partial charge in [-0.3, -0.25) is 10.1 Å². The maximum atomic E-state index is 11.1. The first-order valence-electron chi connectivity index (χ1n) is 6.25. The molecule has 1 saturated heterocycles. The number of piperazine rings is 1. The van der Waals surface area contributed by atoms with E-state index in [0.717, 1.165) is 32.7 Å². The number of hydrazine groups is 1. The van der Waals surface area contributed by atoms with Gasteiger partial charge < -0.3 is 15.2 Å². The van der Waals surface area contributed by atoms with E-state index in [-0.39, 0.29) is 5.69 Å². The molecular formula is C11H18N6O2. The molecule has 0 atom stereocenters. The molecule has 0 unspecified atom stereocenters. The molecule has 2 heterocycles. The van der Waals surface area contributed by atoms with Crippen LogP contribution in [-0.2, 0) is 0 Å². The Kier molecular flexibility index (Phi) is 4.13. The summed E-state index contributed by atoms with van der Waals surface area (Å²) >= 11 is 0. The van der Waals surface area contributed by atoms with Crippen molar-refractivity contribution < 1.29 is 4.92 Å². The third-order valence-corrected chi connectivity index (χ3v) is 3.32. The summed E-state index contributed by atoms with van der Waals surface area (Å²) in [6.45, 7) is 6.33. The number of likely N-dealkylation sites (N-methyl/N-ethyl adjacent to an activating group) is 1. The molecule has 2 rings (SSSR count). The Bertz CT molecular complexity index is 458. The van der Waals surface area contributed by atoms with Gasteiger partial charge in [0.15, 0.2) is 0 Å². The molecule has 1 aromatic heterocycles. The van der Waals surface area contributed by atoms with Crippen molar-refractivity contribution in [1.29, 1.82) is 0 Å². The van der Waals surface area contributed by atoms with Gasteiger partial charge in [0, 0.05) is 32.2 Å². The molecule has 8 heteroatoms. The van der Waals surface area contributed by atoms with Crippen LogP contribution in [0, 0.1) is 10.1 Å². The molecule has 0 amide bonds. The van der Waals surface area contributed by atoms with Crippen molar-refractivity contribution in [2.24, 2.45) is 5.84 Å². The number of nitrogens with one attached hydrogen (secondary N) is 1. The summed E-state index contributed by atoms with van der Waals surface area (Å²) < 4.78 is 0. The van der Waals surface area contributed by atoms with Crippen LogP contribution in [0.2, 0.25) is 0 Å². The molecule has 1 fully saturated rings. The van der Waals surface area contributed by atoms with Crippen LogP contribution >= 0.6 is 0 Å². The second kappa shape index (κ2) is 5.81. The number of pyridine rings is 1. The zero-order valence-corrected chi connectivity index (χ0v) is 10.9. The Labute approximate surface area is 111 Å². The van der Waals surface area contributed by atoms with E-state index in [1.54, 1.807) is 0 Å². The molecule has 0 saturated carbocycles. The van der Waals surface area contributed by atoms with Gasteiger partial charge in [0.2, 0.25) is 5.82 Å². The van der Waals surface area contributed by atoms with Crippen molar-refractivity contribution in [2.75, 3.05) is 43.0 Å². The highest BCUT2D eigenvalue weighted by Crippen LogP contribution is 2.28. The largest absolute Gasteiger partial charge is 0.348 e. The summed E-state index contributed by atoms with van der Waals surface area (Å²) in [7, 11) is 0. The smallest absolute Gasteiger partial charge is 0.311 e. The first-order valence-corrected chi connectivity index (χ1v) is 6.25. The number of nitrogen functional groups attached to an aromatic ring is 1. The fourth-order valence-electron chi connectivity index (χ4n) is 2.17. The Morgan fingerprint density at radius 3 is 2.63 bits per heavy atom. The Balaban J connectivity index is 2.24. The van der Waals surface area contributed by atoms with Crippen LogP contribution in [0.15, 0.2) is 12.1 Å². The highest BCUT2D eigenvalue weighted by molar-refractivity contribution is 5.61. The van der Waals surface area contributed by atoms with Crippen molar-refractivity contribution in [1.82, 2.24) is 9.88 Å². The first-order chi connectivity index (χ1) is 9.15. The monoisotopic (exact) mass is 266 g/mol. The second-order valence-corrected chi connectivity index (χ2v) is 4.36. The fourth-order valence-corrected chi connectivity index (χ4v) is 2.17. The minimum absolute atomic E-state index is 0.0175. The van der Waals surface area contributed by atoms with Gasteiger partial charge in [-0.05, 0) is 12.6 Å².